The number of anilines is 2. The highest BCUT2D eigenvalue weighted by Gasteiger charge is 2.08. The number of nitrogen functional groups attached to an aromatic ring is 1. The molecule has 2 aromatic rings. The van der Waals surface area contributed by atoms with Crippen LogP contribution in [0.1, 0.15) is 0 Å². The molecule has 0 bridgehead atoms. The largest absolute Gasteiger partial charge is 0.497 e. The Morgan fingerprint density at radius 2 is 2.10 bits per heavy atom. The molecular formula is C15H15ClN2O2S. The maximum absolute atomic E-state index is 11.9. The molecule has 21 heavy (non-hydrogen) atoms. The summed E-state index contributed by atoms with van der Waals surface area (Å²) in [5.74, 6) is 0.802. The van der Waals surface area contributed by atoms with Crippen molar-refractivity contribution in [2.75, 3.05) is 23.9 Å². The van der Waals surface area contributed by atoms with Crippen molar-refractivity contribution in [3.8, 4) is 5.75 Å². The minimum Gasteiger partial charge on any atom is -0.497 e. The van der Waals surface area contributed by atoms with Crippen LogP contribution in [-0.4, -0.2) is 18.8 Å². The number of halogens is 1. The second-order valence-electron chi connectivity index (χ2n) is 4.22. The molecular weight excluding hydrogens is 308 g/mol. The minimum absolute atomic E-state index is 0.143. The van der Waals surface area contributed by atoms with E-state index in [4.69, 9.17) is 22.1 Å². The lowest BCUT2D eigenvalue weighted by Gasteiger charge is -2.09. The first kappa shape index (κ1) is 15.5. The third kappa shape index (κ3) is 4.31. The maximum Gasteiger partial charge on any atom is 0.234 e. The number of rotatable bonds is 5. The van der Waals surface area contributed by atoms with Crippen molar-refractivity contribution in [3.05, 3.63) is 47.5 Å². The van der Waals surface area contributed by atoms with Crippen LogP contribution in [0.25, 0.3) is 0 Å². The van der Waals surface area contributed by atoms with Gasteiger partial charge in [-0.15, -0.1) is 11.8 Å². The van der Waals surface area contributed by atoms with E-state index in [-0.39, 0.29) is 11.7 Å². The van der Waals surface area contributed by atoms with Crippen LogP contribution in [-0.2, 0) is 4.79 Å². The molecule has 0 saturated heterocycles. The molecule has 3 N–H and O–H groups in total. The number of carbonyl (C=O) groups excluding carboxylic acids is 1. The van der Waals surface area contributed by atoms with Gasteiger partial charge >= 0.3 is 0 Å². The van der Waals surface area contributed by atoms with Crippen LogP contribution in [0.4, 0.5) is 11.4 Å². The first-order valence-electron chi connectivity index (χ1n) is 6.21. The zero-order valence-electron chi connectivity index (χ0n) is 11.4. The summed E-state index contributed by atoms with van der Waals surface area (Å²) in [6, 6.07) is 12.5. The number of hydrogen-bond donors (Lipinski definition) is 2. The normalized spacial score (nSPS) is 10.2. The van der Waals surface area contributed by atoms with E-state index in [2.05, 4.69) is 5.32 Å². The molecule has 0 aliphatic carbocycles. The van der Waals surface area contributed by atoms with Gasteiger partial charge in [-0.25, -0.2) is 0 Å². The van der Waals surface area contributed by atoms with Gasteiger partial charge in [0.2, 0.25) is 5.91 Å². The van der Waals surface area contributed by atoms with Crippen LogP contribution in [0.15, 0.2) is 47.4 Å². The predicted octanol–water partition coefficient (Wildman–Crippen LogP) is 3.66. The summed E-state index contributed by atoms with van der Waals surface area (Å²) in [6.07, 6.45) is 0. The van der Waals surface area contributed by atoms with E-state index < -0.39 is 0 Å². The number of methoxy groups -OCH3 is 1. The lowest BCUT2D eigenvalue weighted by molar-refractivity contribution is -0.113. The van der Waals surface area contributed by atoms with Gasteiger partial charge in [-0.05, 0) is 30.3 Å². The summed E-state index contributed by atoms with van der Waals surface area (Å²) < 4.78 is 5.14. The van der Waals surface area contributed by atoms with Gasteiger partial charge in [0.15, 0.2) is 0 Å². The fourth-order valence-corrected chi connectivity index (χ4v) is 2.63. The molecule has 0 spiro atoms. The third-order valence-electron chi connectivity index (χ3n) is 2.73. The number of nitrogens with one attached hydrogen (secondary N) is 1. The van der Waals surface area contributed by atoms with Crippen LogP contribution < -0.4 is 15.8 Å². The zero-order valence-corrected chi connectivity index (χ0v) is 13.0. The van der Waals surface area contributed by atoms with Crippen LogP contribution >= 0.6 is 23.4 Å². The van der Waals surface area contributed by atoms with Crippen LogP contribution in [0.3, 0.4) is 0 Å². The number of carbonyl (C=O) groups is 1. The topological polar surface area (TPSA) is 64.3 Å². The molecule has 0 unspecified atom stereocenters. The second-order valence-corrected chi connectivity index (χ2v) is 5.64. The number of benzene rings is 2. The maximum atomic E-state index is 11.9. The quantitative estimate of drug-likeness (QED) is 0.651. The Hall–Kier alpha value is -1.85. The van der Waals surface area contributed by atoms with Gasteiger partial charge < -0.3 is 15.8 Å². The number of ether oxygens (including phenoxy) is 1. The molecule has 0 aliphatic heterocycles. The number of amides is 1. The molecule has 0 aliphatic rings. The molecule has 2 rings (SSSR count). The van der Waals surface area contributed by atoms with E-state index in [0.717, 1.165) is 4.90 Å². The van der Waals surface area contributed by atoms with Crippen molar-refractivity contribution in [1.29, 1.82) is 0 Å². The lowest BCUT2D eigenvalue weighted by Crippen LogP contribution is -2.14. The Morgan fingerprint density at radius 1 is 1.33 bits per heavy atom. The SMILES string of the molecule is COc1ccc(N)c(SCC(=O)Nc2ccccc2Cl)c1. The standard InChI is InChI=1S/C15H15ClN2O2S/c1-20-10-6-7-12(17)14(8-10)21-9-15(19)18-13-5-3-2-4-11(13)16/h2-8H,9,17H2,1H3,(H,18,19). The molecule has 0 fully saturated rings. The Morgan fingerprint density at radius 3 is 2.81 bits per heavy atom. The van der Waals surface area contributed by atoms with Gasteiger partial charge in [-0.1, -0.05) is 23.7 Å². The number of hydrogen-bond acceptors (Lipinski definition) is 4. The van der Waals surface area contributed by atoms with Crippen molar-refractivity contribution >= 4 is 40.6 Å². The Kier molecular flexibility index (Phi) is 5.36. The van der Waals surface area contributed by atoms with E-state index in [1.807, 2.05) is 18.2 Å². The Labute approximate surface area is 132 Å². The molecule has 0 atom stereocenters. The molecule has 110 valence electrons. The smallest absolute Gasteiger partial charge is 0.234 e. The fraction of sp³-hybridized carbons (Fsp3) is 0.133. The van der Waals surface area contributed by atoms with E-state index >= 15 is 0 Å². The minimum atomic E-state index is -0.143. The first-order chi connectivity index (χ1) is 10.1. The number of nitrogens with two attached hydrogens (primary N) is 1. The van der Waals surface area contributed by atoms with Crippen molar-refractivity contribution in [2.24, 2.45) is 0 Å². The average Bonchev–Trinajstić information content (AvgIpc) is 2.49. The highest BCUT2D eigenvalue weighted by atomic mass is 35.5. The fourth-order valence-electron chi connectivity index (χ4n) is 1.66. The van der Waals surface area contributed by atoms with Gasteiger partial charge in [0.1, 0.15) is 5.75 Å². The summed E-state index contributed by atoms with van der Waals surface area (Å²) in [4.78, 5) is 12.8. The molecule has 0 saturated carbocycles. The predicted molar refractivity (Wildman–Crippen MR) is 88.2 cm³/mol. The molecule has 0 heterocycles. The Bertz CT molecular complexity index is 649. The van der Waals surface area contributed by atoms with Gasteiger partial charge in [0, 0.05) is 10.6 Å². The van der Waals surface area contributed by atoms with E-state index in [0.29, 0.717) is 22.1 Å². The number of thioether (sulfide) groups is 1. The highest BCUT2D eigenvalue weighted by molar-refractivity contribution is 8.00. The van der Waals surface area contributed by atoms with Crippen molar-refractivity contribution in [3.63, 3.8) is 0 Å². The van der Waals surface area contributed by atoms with Gasteiger partial charge in [0.25, 0.3) is 0 Å². The van der Waals surface area contributed by atoms with Crippen molar-refractivity contribution in [1.82, 2.24) is 0 Å². The monoisotopic (exact) mass is 322 g/mol. The van der Waals surface area contributed by atoms with Gasteiger partial charge in [-0.3, -0.25) is 4.79 Å². The molecule has 0 radical (unpaired) electrons. The molecule has 1 amide bonds. The van der Waals surface area contributed by atoms with Crippen LogP contribution in [0.2, 0.25) is 5.02 Å². The highest BCUT2D eigenvalue weighted by Crippen LogP contribution is 2.29. The second kappa shape index (κ2) is 7.24. The van der Waals surface area contributed by atoms with Crippen LogP contribution in [0.5, 0.6) is 5.75 Å². The third-order valence-corrected chi connectivity index (χ3v) is 4.13. The van der Waals surface area contributed by atoms with Crippen molar-refractivity contribution < 1.29 is 9.53 Å². The zero-order chi connectivity index (χ0) is 15.2. The average molecular weight is 323 g/mol. The summed E-state index contributed by atoms with van der Waals surface area (Å²) in [7, 11) is 1.59. The summed E-state index contributed by atoms with van der Waals surface area (Å²) in [5, 5.41) is 3.28. The van der Waals surface area contributed by atoms with Gasteiger partial charge in [-0.2, -0.15) is 0 Å². The van der Waals surface area contributed by atoms with E-state index in [1.165, 1.54) is 11.8 Å². The molecule has 4 nitrogen and oxygen atoms in total. The van der Waals surface area contributed by atoms with Gasteiger partial charge in [0.05, 0.1) is 23.6 Å². The number of para-hydroxylation sites is 1. The summed E-state index contributed by atoms with van der Waals surface area (Å²) in [6.45, 7) is 0. The van der Waals surface area contributed by atoms with E-state index in [9.17, 15) is 4.79 Å². The molecule has 2 aromatic carbocycles. The first-order valence-corrected chi connectivity index (χ1v) is 7.57. The summed E-state index contributed by atoms with van der Waals surface area (Å²) in [5.41, 5.74) is 7.10. The van der Waals surface area contributed by atoms with E-state index in [1.54, 1.807) is 31.4 Å². The summed E-state index contributed by atoms with van der Waals surface area (Å²) >= 11 is 7.34. The lowest BCUT2D eigenvalue weighted by atomic mass is 10.3. The van der Waals surface area contributed by atoms with Crippen LogP contribution in [0, 0.1) is 0 Å². The van der Waals surface area contributed by atoms with Crippen molar-refractivity contribution in [2.45, 2.75) is 4.90 Å². The molecule has 0 aromatic heterocycles. The Balaban J connectivity index is 1.97. The molecule has 6 heteroatoms.